The number of piperidine rings is 1. The lowest BCUT2D eigenvalue weighted by Gasteiger charge is -2.33. The zero-order valence-electron chi connectivity index (χ0n) is 14.6. The molecule has 4 rings (SSSR count). The summed E-state index contributed by atoms with van der Waals surface area (Å²) in [5.74, 6) is 1.82. The molecule has 0 N–H and O–H groups in total. The van der Waals surface area contributed by atoms with E-state index < -0.39 is 0 Å². The Hall–Kier alpha value is -2.70. The highest BCUT2D eigenvalue weighted by molar-refractivity contribution is 5.78. The monoisotopic (exact) mass is 338 g/mol. The molecule has 25 heavy (non-hydrogen) atoms. The van der Waals surface area contributed by atoms with Crippen LogP contribution in [0.5, 0.6) is 0 Å². The number of hydrogen-bond acceptors (Lipinski definition) is 4. The first-order valence-corrected chi connectivity index (χ1v) is 8.70. The van der Waals surface area contributed by atoms with Crippen LogP contribution in [-0.4, -0.2) is 48.0 Å². The van der Waals surface area contributed by atoms with Crippen molar-refractivity contribution < 1.29 is 4.79 Å². The minimum atomic E-state index is 0.127. The maximum Gasteiger partial charge on any atom is 0.228 e. The van der Waals surface area contributed by atoms with Crippen molar-refractivity contribution in [3.05, 3.63) is 47.9 Å². The van der Waals surface area contributed by atoms with Crippen LogP contribution in [0.4, 0.5) is 0 Å². The van der Waals surface area contributed by atoms with Gasteiger partial charge < -0.3 is 9.30 Å². The van der Waals surface area contributed by atoms with E-state index in [4.69, 9.17) is 0 Å². The SMILES string of the molecule is Cc1nc(C)n([C@@H]2CCCN(C(=O)Cc3cn4ccccc4n3)C2)n1. The fraction of sp³-hybridized carbons (Fsp3) is 0.444. The number of fused-ring (bicyclic) bond motifs is 1. The number of carbonyl (C=O) groups is 1. The summed E-state index contributed by atoms with van der Waals surface area (Å²) in [5, 5.41) is 4.49. The third-order valence-electron chi connectivity index (χ3n) is 4.75. The largest absolute Gasteiger partial charge is 0.340 e. The van der Waals surface area contributed by atoms with Crippen LogP contribution in [0.2, 0.25) is 0 Å². The molecule has 0 unspecified atom stereocenters. The van der Waals surface area contributed by atoms with Gasteiger partial charge in [0.2, 0.25) is 5.91 Å². The lowest BCUT2D eigenvalue weighted by Crippen LogP contribution is -2.42. The predicted octanol–water partition coefficient (Wildman–Crippen LogP) is 1.95. The van der Waals surface area contributed by atoms with Crippen LogP contribution in [0.3, 0.4) is 0 Å². The fourth-order valence-electron chi connectivity index (χ4n) is 3.60. The number of carbonyl (C=O) groups excluding carboxylic acids is 1. The van der Waals surface area contributed by atoms with Crippen LogP contribution in [0, 0.1) is 13.8 Å². The quantitative estimate of drug-likeness (QED) is 0.732. The maximum atomic E-state index is 12.7. The van der Waals surface area contributed by atoms with Gasteiger partial charge in [0.1, 0.15) is 17.3 Å². The number of aryl methyl sites for hydroxylation is 2. The first-order chi connectivity index (χ1) is 12.1. The second-order valence-electron chi connectivity index (χ2n) is 6.66. The molecule has 0 radical (unpaired) electrons. The fourth-order valence-corrected chi connectivity index (χ4v) is 3.60. The van der Waals surface area contributed by atoms with Crippen molar-refractivity contribution in [1.29, 1.82) is 0 Å². The molecule has 1 amide bonds. The van der Waals surface area contributed by atoms with E-state index in [9.17, 15) is 4.79 Å². The molecule has 7 nitrogen and oxygen atoms in total. The van der Waals surface area contributed by atoms with Crippen molar-refractivity contribution >= 4 is 11.6 Å². The zero-order chi connectivity index (χ0) is 17.4. The molecule has 4 heterocycles. The lowest BCUT2D eigenvalue weighted by atomic mass is 10.1. The van der Waals surface area contributed by atoms with Gasteiger partial charge in [-0.1, -0.05) is 6.07 Å². The third-order valence-corrected chi connectivity index (χ3v) is 4.75. The summed E-state index contributed by atoms with van der Waals surface area (Å²) in [6, 6.07) is 6.06. The molecule has 130 valence electrons. The van der Waals surface area contributed by atoms with Crippen molar-refractivity contribution in [3.8, 4) is 0 Å². The number of nitrogens with zero attached hydrogens (tertiary/aromatic N) is 6. The zero-order valence-corrected chi connectivity index (χ0v) is 14.6. The highest BCUT2D eigenvalue weighted by atomic mass is 16.2. The predicted molar refractivity (Wildman–Crippen MR) is 93.2 cm³/mol. The highest BCUT2D eigenvalue weighted by Gasteiger charge is 2.27. The van der Waals surface area contributed by atoms with Gasteiger partial charge in [0.25, 0.3) is 0 Å². The molecule has 1 fully saturated rings. The van der Waals surface area contributed by atoms with E-state index in [2.05, 4.69) is 15.1 Å². The molecule has 1 saturated heterocycles. The van der Waals surface area contributed by atoms with Crippen LogP contribution < -0.4 is 0 Å². The van der Waals surface area contributed by atoms with Crippen LogP contribution in [0.15, 0.2) is 30.6 Å². The van der Waals surface area contributed by atoms with Crippen molar-refractivity contribution in [2.24, 2.45) is 0 Å². The van der Waals surface area contributed by atoms with Crippen molar-refractivity contribution in [2.75, 3.05) is 13.1 Å². The van der Waals surface area contributed by atoms with E-state index in [-0.39, 0.29) is 11.9 Å². The van der Waals surface area contributed by atoms with E-state index in [1.165, 1.54) is 0 Å². The normalized spacial score (nSPS) is 18.0. The van der Waals surface area contributed by atoms with Crippen molar-refractivity contribution in [1.82, 2.24) is 29.0 Å². The van der Waals surface area contributed by atoms with E-state index >= 15 is 0 Å². The molecule has 3 aromatic rings. The maximum absolute atomic E-state index is 12.7. The number of likely N-dealkylation sites (tertiary alicyclic amines) is 1. The standard InChI is InChI=1S/C18H22N6O/c1-13-19-14(2)24(21-13)16-6-5-9-23(12-16)18(25)10-15-11-22-8-4-3-7-17(22)20-15/h3-4,7-8,11,16H,5-6,9-10,12H2,1-2H3/t16-/m1/s1. The lowest BCUT2D eigenvalue weighted by molar-refractivity contribution is -0.132. The van der Waals surface area contributed by atoms with Gasteiger partial charge in [0, 0.05) is 25.5 Å². The average Bonchev–Trinajstić information content (AvgIpc) is 3.16. The number of amides is 1. The Kier molecular flexibility index (Phi) is 3.99. The molecular formula is C18H22N6O. The summed E-state index contributed by atoms with van der Waals surface area (Å²) < 4.78 is 3.92. The minimum Gasteiger partial charge on any atom is -0.340 e. The van der Waals surface area contributed by atoms with Gasteiger partial charge in [-0.3, -0.25) is 4.79 Å². The van der Waals surface area contributed by atoms with Gasteiger partial charge in [0.15, 0.2) is 0 Å². The third kappa shape index (κ3) is 3.14. The van der Waals surface area contributed by atoms with Gasteiger partial charge in [-0.25, -0.2) is 14.6 Å². The molecule has 0 spiro atoms. The van der Waals surface area contributed by atoms with Gasteiger partial charge in [0.05, 0.1) is 18.2 Å². The molecule has 0 bridgehead atoms. The van der Waals surface area contributed by atoms with E-state index in [0.29, 0.717) is 13.0 Å². The molecule has 0 saturated carbocycles. The number of pyridine rings is 1. The first kappa shape index (κ1) is 15.8. The van der Waals surface area contributed by atoms with Crippen LogP contribution in [0.1, 0.15) is 36.2 Å². The number of aromatic nitrogens is 5. The van der Waals surface area contributed by atoms with E-state index in [1.807, 2.05) is 58.4 Å². The summed E-state index contributed by atoms with van der Waals surface area (Å²) in [5.41, 5.74) is 1.68. The Morgan fingerprint density at radius 2 is 2.16 bits per heavy atom. The van der Waals surface area contributed by atoms with E-state index in [0.717, 1.165) is 42.4 Å². The Morgan fingerprint density at radius 1 is 1.28 bits per heavy atom. The summed E-state index contributed by atoms with van der Waals surface area (Å²) in [6.07, 6.45) is 6.23. The van der Waals surface area contributed by atoms with Crippen molar-refractivity contribution in [3.63, 3.8) is 0 Å². The van der Waals surface area contributed by atoms with Gasteiger partial charge in [-0.05, 0) is 38.8 Å². The molecule has 3 aromatic heterocycles. The molecular weight excluding hydrogens is 316 g/mol. The Balaban J connectivity index is 1.47. The molecule has 1 aliphatic rings. The summed E-state index contributed by atoms with van der Waals surface area (Å²) in [7, 11) is 0. The van der Waals surface area contributed by atoms with Gasteiger partial charge >= 0.3 is 0 Å². The molecule has 1 aliphatic heterocycles. The topological polar surface area (TPSA) is 68.3 Å². The summed E-state index contributed by atoms with van der Waals surface area (Å²) >= 11 is 0. The summed E-state index contributed by atoms with van der Waals surface area (Å²) in [6.45, 7) is 5.36. The minimum absolute atomic E-state index is 0.127. The Bertz CT molecular complexity index is 878. The Labute approximate surface area is 146 Å². The van der Waals surface area contributed by atoms with E-state index in [1.54, 1.807) is 0 Å². The number of hydrogen-bond donors (Lipinski definition) is 0. The number of imidazole rings is 1. The second-order valence-corrected chi connectivity index (χ2v) is 6.66. The molecule has 0 aromatic carbocycles. The second kappa shape index (κ2) is 6.31. The average molecular weight is 338 g/mol. The van der Waals surface area contributed by atoms with Crippen LogP contribution in [-0.2, 0) is 11.2 Å². The molecule has 0 aliphatic carbocycles. The smallest absolute Gasteiger partial charge is 0.228 e. The Morgan fingerprint density at radius 3 is 2.92 bits per heavy atom. The van der Waals surface area contributed by atoms with Crippen LogP contribution >= 0.6 is 0 Å². The first-order valence-electron chi connectivity index (χ1n) is 8.70. The van der Waals surface area contributed by atoms with Crippen LogP contribution in [0.25, 0.3) is 5.65 Å². The summed E-state index contributed by atoms with van der Waals surface area (Å²) in [4.78, 5) is 23.6. The van der Waals surface area contributed by atoms with Gasteiger partial charge in [-0.15, -0.1) is 0 Å². The molecule has 1 atom stereocenters. The highest BCUT2D eigenvalue weighted by Crippen LogP contribution is 2.22. The number of rotatable bonds is 3. The molecule has 7 heteroatoms. The van der Waals surface area contributed by atoms with Crippen molar-refractivity contribution in [2.45, 2.75) is 39.2 Å². The van der Waals surface area contributed by atoms with Gasteiger partial charge in [-0.2, -0.15) is 5.10 Å².